The van der Waals surface area contributed by atoms with Gasteiger partial charge in [-0.1, -0.05) is 29.8 Å². The number of carbonyl (C=O) groups is 1. The summed E-state index contributed by atoms with van der Waals surface area (Å²) in [5.74, 6) is -0.264. The van der Waals surface area contributed by atoms with Crippen LogP contribution in [-0.4, -0.2) is 16.0 Å². The van der Waals surface area contributed by atoms with Gasteiger partial charge in [0.25, 0.3) is 11.6 Å². The SMILES string of the molecule is Cc1ccc(N=C2NC(=O)C(=Cc3cccc([N+](=O)[O-])c3)S2)c(C)c1. The molecule has 0 atom stereocenters. The number of nitro groups is 1. The fraction of sp³-hybridized carbons (Fsp3) is 0.111. The first-order chi connectivity index (χ1) is 11.9. The van der Waals surface area contributed by atoms with Crippen LogP contribution in [0.1, 0.15) is 16.7 Å². The summed E-state index contributed by atoms with van der Waals surface area (Å²) in [6, 6.07) is 12.1. The molecule has 6 nitrogen and oxygen atoms in total. The first-order valence-electron chi connectivity index (χ1n) is 7.54. The summed E-state index contributed by atoms with van der Waals surface area (Å²) in [6.07, 6.45) is 1.62. The molecule has 0 radical (unpaired) electrons. The predicted molar refractivity (Wildman–Crippen MR) is 99.8 cm³/mol. The van der Waals surface area contributed by atoms with Gasteiger partial charge in [-0.3, -0.25) is 14.9 Å². The molecule has 2 aromatic rings. The molecule has 1 heterocycles. The average Bonchev–Trinajstić information content (AvgIpc) is 2.90. The molecule has 1 N–H and O–H groups in total. The molecule has 1 aliphatic heterocycles. The molecule has 1 aliphatic rings. The highest BCUT2D eigenvalue weighted by Crippen LogP contribution is 2.29. The number of rotatable bonds is 3. The summed E-state index contributed by atoms with van der Waals surface area (Å²) in [7, 11) is 0. The highest BCUT2D eigenvalue weighted by atomic mass is 32.2. The average molecular weight is 353 g/mol. The van der Waals surface area contributed by atoms with Crippen molar-refractivity contribution in [1.29, 1.82) is 0 Å². The molecule has 1 saturated heterocycles. The van der Waals surface area contributed by atoms with E-state index in [0.717, 1.165) is 16.8 Å². The fourth-order valence-electron chi connectivity index (χ4n) is 2.40. The van der Waals surface area contributed by atoms with Gasteiger partial charge in [0.1, 0.15) is 0 Å². The Labute approximate surface area is 148 Å². The first kappa shape index (κ1) is 16.9. The molecule has 0 saturated carbocycles. The monoisotopic (exact) mass is 353 g/mol. The quantitative estimate of drug-likeness (QED) is 0.511. The third kappa shape index (κ3) is 3.95. The Balaban J connectivity index is 1.86. The van der Waals surface area contributed by atoms with Gasteiger partial charge in [0.15, 0.2) is 5.17 Å². The van der Waals surface area contributed by atoms with E-state index in [2.05, 4.69) is 10.3 Å². The topological polar surface area (TPSA) is 84.6 Å². The van der Waals surface area contributed by atoms with Gasteiger partial charge < -0.3 is 5.32 Å². The lowest BCUT2D eigenvalue weighted by atomic mass is 10.1. The van der Waals surface area contributed by atoms with E-state index in [9.17, 15) is 14.9 Å². The lowest BCUT2D eigenvalue weighted by Crippen LogP contribution is -2.19. The van der Waals surface area contributed by atoms with Crippen LogP contribution < -0.4 is 5.32 Å². The van der Waals surface area contributed by atoms with Crippen molar-refractivity contribution in [2.24, 2.45) is 4.99 Å². The van der Waals surface area contributed by atoms with Gasteiger partial charge in [0.2, 0.25) is 0 Å². The minimum absolute atomic E-state index is 0.0121. The Morgan fingerprint density at radius 1 is 1.20 bits per heavy atom. The van der Waals surface area contributed by atoms with Gasteiger partial charge in [-0.2, -0.15) is 0 Å². The molecule has 7 heteroatoms. The Bertz CT molecular complexity index is 935. The standard InChI is InChI=1S/C18H15N3O3S/c1-11-6-7-15(12(2)8-11)19-18-20-17(22)16(25-18)10-13-4-3-5-14(9-13)21(23)24/h3-10H,1-2H3,(H,19,20,22). The van der Waals surface area contributed by atoms with Crippen LogP contribution in [0.4, 0.5) is 11.4 Å². The Morgan fingerprint density at radius 3 is 2.72 bits per heavy atom. The molecule has 0 aromatic heterocycles. The zero-order valence-corrected chi connectivity index (χ0v) is 14.5. The highest BCUT2D eigenvalue weighted by Gasteiger charge is 2.24. The Morgan fingerprint density at radius 2 is 2.00 bits per heavy atom. The summed E-state index contributed by atoms with van der Waals surface area (Å²) < 4.78 is 0. The van der Waals surface area contributed by atoms with E-state index in [1.54, 1.807) is 18.2 Å². The number of amidine groups is 1. The maximum absolute atomic E-state index is 12.1. The van der Waals surface area contributed by atoms with Crippen molar-refractivity contribution in [2.75, 3.05) is 0 Å². The number of hydrogen-bond acceptors (Lipinski definition) is 5. The van der Waals surface area contributed by atoms with Crippen LogP contribution in [-0.2, 0) is 4.79 Å². The maximum atomic E-state index is 12.1. The van der Waals surface area contributed by atoms with Crippen LogP contribution in [0.3, 0.4) is 0 Å². The molecule has 1 amide bonds. The molecular formula is C18H15N3O3S. The number of carbonyl (C=O) groups excluding carboxylic acids is 1. The number of nitrogens with one attached hydrogen (secondary N) is 1. The highest BCUT2D eigenvalue weighted by molar-refractivity contribution is 8.18. The number of nitro benzene ring substituents is 1. The summed E-state index contributed by atoms with van der Waals surface area (Å²) in [5.41, 5.74) is 3.56. The predicted octanol–water partition coefficient (Wildman–Crippen LogP) is 4.10. The van der Waals surface area contributed by atoms with Crippen molar-refractivity contribution >= 4 is 40.3 Å². The largest absolute Gasteiger partial charge is 0.300 e. The van der Waals surface area contributed by atoms with Crippen molar-refractivity contribution in [2.45, 2.75) is 13.8 Å². The van der Waals surface area contributed by atoms with Crippen molar-refractivity contribution in [3.05, 3.63) is 74.2 Å². The second-order valence-electron chi connectivity index (χ2n) is 5.62. The van der Waals surface area contributed by atoms with Crippen LogP contribution in [0.25, 0.3) is 6.08 Å². The first-order valence-corrected chi connectivity index (χ1v) is 8.35. The minimum atomic E-state index is -0.461. The van der Waals surface area contributed by atoms with Crippen molar-refractivity contribution in [3.63, 3.8) is 0 Å². The number of benzene rings is 2. The van der Waals surface area contributed by atoms with E-state index in [1.807, 2.05) is 32.0 Å². The number of aryl methyl sites for hydroxylation is 2. The molecule has 1 fully saturated rings. The molecule has 0 aliphatic carbocycles. The third-order valence-electron chi connectivity index (χ3n) is 3.60. The van der Waals surface area contributed by atoms with E-state index in [0.29, 0.717) is 15.6 Å². The second-order valence-corrected chi connectivity index (χ2v) is 6.65. The van der Waals surface area contributed by atoms with Crippen molar-refractivity contribution < 1.29 is 9.72 Å². The molecule has 3 rings (SSSR count). The van der Waals surface area contributed by atoms with E-state index in [4.69, 9.17) is 0 Å². The fourth-order valence-corrected chi connectivity index (χ4v) is 3.24. The van der Waals surface area contributed by atoms with E-state index in [-0.39, 0.29) is 11.6 Å². The number of aliphatic imine (C=N–C) groups is 1. The smallest absolute Gasteiger partial charge is 0.270 e. The number of nitrogens with zero attached hydrogens (tertiary/aromatic N) is 2. The summed E-state index contributed by atoms with van der Waals surface area (Å²) >= 11 is 1.22. The van der Waals surface area contributed by atoms with E-state index in [1.165, 1.54) is 23.9 Å². The van der Waals surface area contributed by atoms with Crippen molar-refractivity contribution in [3.8, 4) is 0 Å². The number of thioether (sulfide) groups is 1. The second kappa shape index (κ2) is 6.90. The zero-order valence-electron chi connectivity index (χ0n) is 13.6. The lowest BCUT2D eigenvalue weighted by Gasteiger charge is -2.02. The van der Waals surface area contributed by atoms with E-state index >= 15 is 0 Å². The van der Waals surface area contributed by atoms with Gasteiger partial charge in [-0.25, -0.2) is 4.99 Å². The lowest BCUT2D eigenvalue weighted by molar-refractivity contribution is -0.384. The molecule has 25 heavy (non-hydrogen) atoms. The van der Waals surface area contributed by atoms with Crippen LogP contribution >= 0.6 is 11.8 Å². The molecule has 0 bridgehead atoms. The van der Waals surface area contributed by atoms with Crippen LogP contribution in [0, 0.1) is 24.0 Å². The van der Waals surface area contributed by atoms with Gasteiger partial charge in [0, 0.05) is 12.1 Å². The molecule has 0 unspecified atom stereocenters. The van der Waals surface area contributed by atoms with Gasteiger partial charge >= 0.3 is 0 Å². The number of amides is 1. The van der Waals surface area contributed by atoms with Gasteiger partial charge in [0.05, 0.1) is 15.5 Å². The number of non-ortho nitro benzene ring substituents is 1. The normalized spacial score (nSPS) is 17.1. The van der Waals surface area contributed by atoms with Crippen LogP contribution in [0.2, 0.25) is 0 Å². The van der Waals surface area contributed by atoms with E-state index < -0.39 is 4.92 Å². The summed E-state index contributed by atoms with van der Waals surface area (Å²) in [4.78, 5) is 27.4. The Hall–Kier alpha value is -2.93. The Kier molecular flexibility index (Phi) is 4.67. The zero-order chi connectivity index (χ0) is 18.0. The number of hydrogen-bond donors (Lipinski definition) is 1. The van der Waals surface area contributed by atoms with Crippen LogP contribution in [0.15, 0.2) is 52.4 Å². The molecule has 2 aromatic carbocycles. The van der Waals surface area contributed by atoms with Gasteiger partial charge in [-0.15, -0.1) is 0 Å². The molecule has 126 valence electrons. The molecule has 0 spiro atoms. The maximum Gasteiger partial charge on any atom is 0.270 e. The van der Waals surface area contributed by atoms with Gasteiger partial charge in [-0.05, 0) is 48.9 Å². The summed E-state index contributed by atoms with van der Waals surface area (Å²) in [6.45, 7) is 3.98. The third-order valence-corrected chi connectivity index (χ3v) is 4.51. The van der Waals surface area contributed by atoms with Crippen molar-refractivity contribution in [1.82, 2.24) is 5.32 Å². The summed E-state index contributed by atoms with van der Waals surface area (Å²) in [5, 5.41) is 14.1. The minimum Gasteiger partial charge on any atom is -0.300 e. The van der Waals surface area contributed by atoms with Crippen LogP contribution in [0.5, 0.6) is 0 Å². The molecular weight excluding hydrogens is 338 g/mol.